The van der Waals surface area contributed by atoms with Crippen molar-refractivity contribution in [3.63, 3.8) is 0 Å². The lowest BCUT2D eigenvalue weighted by Crippen LogP contribution is -2.37. The number of nitrogens with one attached hydrogen (secondary N) is 1. The summed E-state index contributed by atoms with van der Waals surface area (Å²) < 4.78 is 5.49. The predicted octanol–water partition coefficient (Wildman–Crippen LogP) is 3.34. The van der Waals surface area contributed by atoms with E-state index in [2.05, 4.69) is 74.8 Å². The number of unbranched alkanes of at least 4 members (excludes halogenated alkanes) is 1. The highest BCUT2D eigenvalue weighted by atomic mass is 16.2. The van der Waals surface area contributed by atoms with Crippen LogP contribution in [0.3, 0.4) is 0 Å². The van der Waals surface area contributed by atoms with Crippen molar-refractivity contribution in [2.24, 2.45) is 10.9 Å². The summed E-state index contributed by atoms with van der Waals surface area (Å²) in [7, 11) is 0. The number of aliphatic imine (C=N–C) groups is 1. The van der Waals surface area contributed by atoms with Crippen LogP contribution in [0.1, 0.15) is 51.3 Å². The maximum Gasteiger partial charge on any atom is 0.335 e. The molecule has 0 spiro atoms. The summed E-state index contributed by atoms with van der Waals surface area (Å²) >= 11 is 0. The number of nitrogens with zero attached hydrogens (tertiary/aromatic N) is 9. The number of tetrazole rings is 1. The summed E-state index contributed by atoms with van der Waals surface area (Å²) in [6, 6.07) is 8.13. The zero-order valence-electron chi connectivity index (χ0n) is 21.4. The molecule has 0 bridgehead atoms. The van der Waals surface area contributed by atoms with Gasteiger partial charge in [0.1, 0.15) is 6.33 Å². The molecule has 11 heteroatoms. The minimum atomic E-state index is -0.464. The van der Waals surface area contributed by atoms with E-state index in [1.807, 2.05) is 39.9 Å². The minimum Gasteiger partial charge on any atom is -0.299 e. The number of H-pyrrole nitrogens is 1. The van der Waals surface area contributed by atoms with E-state index >= 15 is 0 Å². The molecule has 0 aliphatic carbocycles. The van der Waals surface area contributed by atoms with Crippen molar-refractivity contribution in [1.29, 1.82) is 0 Å². The Morgan fingerprint density at radius 3 is 2.84 bits per heavy atom. The first-order valence-electron chi connectivity index (χ1n) is 12.7. The molecule has 1 atom stereocenters. The Balaban J connectivity index is 1.59. The number of rotatable bonds is 10. The fourth-order valence-corrected chi connectivity index (χ4v) is 4.85. The number of hydrogen-bond donors (Lipinski definition) is 1. The molecule has 1 unspecified atom stereocenters. The maximum atomic E-state index is 13.9. The molecule has 0 radical (unpaired) electrons. The molecule has 0 saturated heterocycles. The summed E-state index contributed by atoms with van der Waals surface area (Å²) in [5.74, 6) is 1.54. The van der Waals surface area contributed by atoms with E-state index in [4.69, 9.17) is 0 Å². The second-order valence-corrected chi connectivity index (χ2v) is 9.98. The molecule has 1 aliphatic rings. The molecule has 0 saturated carbocycles. The Bertz CT molecular complexity index is 1460. The van der Waals surface area contributed by atoms with Crippen molar-refractivity contribution >= 4 is 6.21 Å². The molecule has 1 aliphatic heterocycles. The van der Waals surface area contributed by atoms with E-state index in [0.29, 0.717) is 30.7 Å². The average Bonchev–Trinajstić information content (AvgIpc) is 3.66. The Morgan fingerprint density at radius 2 is 2.11 bits per heavy atom. The van der Waals surface area contributed by atoms with Crippen LogP contribution < -0.4 is 5.69 Å². The number of imidazole rings is 1. The van der Waals surface area contributed by atoms with Gasteiger partial charge in [0.25, 0.3) is 0 Å². The van der Waals surface area contributed by atoms with Crippen LogP contribution >= 0.6 is 0 Å². The largest absolute Gasteiger partial charge is 0.335 e. The van der Waals surface area contributed by atoms with Gasteiger partial charge >= 0.3 is 5.69 Å². The zero-order valence-corrected chi connectivity index (χ0v) is 21.4. The summed E-state index contributed by atoms with van der Waals surface area (Å²) in [5.41, 5.74) is 2.35. The van der Waals surface area contributed by atoms with E-state index in [9.17, 15) is 4.79 Å². The van der Waals surface area contributed by atoms with Crippen molar-refractivity contribution in [1.82, 2.24) is 44.5 Å². The van der Waals surface area contributed by atoms with Crippen molar-refractivity contribution < 1.29 is 0 Å². The molecule has 3 aromatic heterocycles. The van der Waals surface area contributed by atoms with Crippen LogP contribution in [0.15, 0.2) is 58.9 Å². The van der Waals surface area contributed by atoms with E-state index in [-0.39, 0.29) is 5.69 Å². The minimum absolute atomic E-state index is 0.116. The zero-order chi connectivity index (χ0) is 25.8. The topological polar surface area (TPSA) is 124 Å². The summed E-state index contributed by atoms with van der Waals surface area (Å²) in [5, 5.41) is 22.7. The average molecular weight is 501 g/mol. The smallest absolute Gasteiger partial charge is 0.299 e. The fourth-order valence-electron chi connectivity index (χ4n) is 4.85. The van der Waals surface area contributed by atoms with Crippen molar-refractivity contribution in [3.8, 4) is 17.3 Å². The lowest BCUT2D eigenvalue weighted by molar-refractivity contribution is 0.437. The standard InChI is InChI=1S/C26H32N10O/c1-4-5-9-22-16-35(24-31-28-18-34(24)15-19(2)3)25(37)36(22)17-26(10-12-27-13-11-26)21-8-6-7-20(14-21)23-29-32-33-30-23/h6-8,10,12-14,16,18-19H,4-5,9,11,15,17H2,1-3H3,(H,29,30,32,33). The lowest BCUT2D eigenvalue weighted by Gasteiger charge is -2.32. The fraction of sp³-hybridized carbons (Fsp3) is 0.423. The van der Waals surface area contributed by atoms with E-state index in [0.717, 1.165) is 42.6 Å². The normalized spacial score (nSPS) is 17.2. The third-order valence-corrected chi connectivity index (χ3v) is 6.76. The molecule has 0 amide bonds. The van der Waals surface area contributed by atoms with Crippen LogP contribution in [-0.4, -0.2) is 50.7 Å². The monoisotopic (exact) mass is 500 g/mol. The molecule has 5 rings (SSSR count). The number of aromatic amines is 1. The third-order valence-electron chi connectivity index (χ3n) is 6.76. The highest BCUT2D eigenvalue weighted by Crippen LogP contribution is 2.35. The van der Waals surface area contributed by atoms with Crippen LogP contribution in [0, 0.1) is 5.92 Å². The molecule has 1 N–H and O–H groups in total. The van der Waals surface area contributed by atoms with E-state index in [1.165, 1.54) is 0 Å². The number of aryl methyl sites for hydroxylation is 1. The van der Waals surface area contributed by atoms with Gasteiger partial charge in [-0.2, -0.15) is 0 Å². The summed E-state index contributed by atoms with van der Waals surface area (Å²) in [6.45, 7) is 7.63. The molecule has 4 aromatic rings. The molecule has 11 nitrogen and oxygen atoms in total. The molecule has 0 fully saturated rings. The van der Waals surface area contributed by atoms with Crippen molar-refractivity contribution in [2.45, 2.75) is 65.0 Å². The Labute approximate surface area is 215 Å². The van der Waals surface area contributed by atoms with Crippen LogP contribution in [0.5, 0.6) is 0 Å². The summed E-state index contributed by atoms with van der Waals surface area (Å²) in [4.78, 5) is 18.3. The van der Waals surface area contributed by atoms with Crippen LogP contribution in [0.25, 0.3) is 17.3 Å². The highest BCUT2D eigenvalue weighted by Gasteiger charge is 2.33. The number of allylic oxidation sites excluding steroid dienone is 1. The second-order valence-electron chi connectivity index (χ2n) is 9.98. The van der Waals surface area contributed by atoms with Crippen molar-refractivity contribution in [2.75, 3.05) is 0 Å². The Kier molecular flexibility index (Phi) is 6.93. The highest BCUT2D eigenvalue weighted by molar-refractivity contribution is 5.65. The predicted molar refractivity (Wildman–Crippen MR) is 141 cm³/mol. The van der Waals surface area contributed by atoms with Gasteiger partial charge in [0, 0.05) is 48.4 Å². The SMILES string of the molecule is CCCCc1cn(-c2nncn2CC(C)C)c(=O)n1CC1(c2cccc(-c3nnn[nH]3)c2)C=CN=CC1. The van der Waals surface area contributed by atoms with Gasteiger partial charge in [-0.15, -0.1) is 15.3 Å². The van der Waals surface area contributed by atoms with Crippen LogP contribution in [-0.2, 0) is 24.9 Å². The molecule has 1 aromatic carbocycles. The molecular weight excluding hydrogens is 468 g/mol. The summed E-state index contributed by atoms with van der Waals surface area (Å²) in [6.07, 6.45) is 12.9. The Hall–Kier alpha value is -4.15. The molecule has 192 valence electrons. The first kappa shape index (κ1) is 24.5. The van der Waals surface area contributed by atoms with Gasteiger partial charge in [0.2, 0.25) is 5.95 Å². The van der Waals surface area contributed by atoms with Gasteiger partial charge in [-0.05, 0) is 47.2 Å². The first-order valence-corrected chi connectivity index (χ1v) is 12.7. The van der Waals surface area contributed by atoms with Gasteiger partial charge < -0.3 is 0 Å². The van der Waals surface area contributed by atoms with Crippen LogP contribution in [0.2, 0.25) is 0 Å². The molecular formula is C26H32N10O. The number of aromatic nitrogens is 9. The van der Waals surface area contributed by atoms with E-state index < -0.39 is 5.41 Å². The Morgan fingerprint density at radius 1 is 1.22 bits per heavy atom. The van der Waals surface area contributed by atoms with Gasteiger partial charge in [-0.1, -0.05) is 51.5 Å². The van der Waals surface area contributed by atoms with E-state index in [1.54, 1.807) is 10.9 Å². The third kappa shape index (κ3) is 4.93. The molecule has 4 heterocycles. The second kappa shape index (κ2) is 10.5. The van der Waals surface area contributed by atoms with Gasteiger partial charge in [-0.3, -0.25) is 14.1 Å². The molecule has 37 heavy (non-hydrogen) atoms. The first-order chi connectivity index (χ1) is 18.0. The maximum absolute atomic E-state index is 13.9. The van der Waals surface area contributed by atoms with Gasteiger partial charge in [-0.25, -0.2) is 14.5 Å². The number of benzene rings is 1. The van der Waals surface area contributed by atoms with Crippen LogP contribution in [0.4, 0.5) is 0 Å². The van der Waals surface area contributed by atoms with Gasteiger partial charge in [0.15, 0.2) is 5.82 Å². The van der Waals surface area contributed by atoms with Crippen molar-refractivity contribution in [3.05, 3.63) is 70.8 Å². The quantitative estimate of drug-likeness (QED) is 0.356. The lowest BCUT2D eigenvalue weighted by atomic mass is 9.76. The van der Waals surface area contributed by atoms with Gasteiger partial charge in [0.05, 0.1) is 0 Å². The number of hydrogen-bond acceptors (Lipinski definition) is 7.